The van der Waals surface area contributed by atoms with Crippen LogP contribution in [0.4, 0.5) is 0 Å². The highest BCUT2D eigenvalue weighted by atomic mass is 16.3. The SMILES string of the molecule is CCC(c1[nH+]c(C)co1)N1CC(=O)N(Cc2cccc3oc(C)nc23)C1(CC)C1CCC1. The lowest BCUT2D eigenvalue weighted by Gasteiger charge is -2.53. The Morgan fingerprint density at radius 2 is 2.09 bits per heavy atom. The summed E-state index contributed by atoms with van der Waals surface area (Å²) in [7, 11) is 0. The number of rotatable bonds is 7. The quantitative estimate of drug-likeness (QED) is 0.542. The van der Waals surface area contributed by atoms with E-state index in [2.05, 4.69) is 39.7 Å². The van der Waals surface area contributed by atoms with Crippen molar-refractivity contribution in [2.24, 2.45) is 5.92 Å². The van der Waals surface area contributed by atoms with Gasteiger partial charge in [0.2, 0.25) is 11.6 Å². The van der Waals surface area contributed by atoms with Crippen molar-refractivity contribution < 1.29 is 18.6 Å². The van der Waals surface area contributed by atoms with Crippen LogP contribution in [0, 0.1) is 19.8 Å². The third-order valence-corrected chi connectivity index (χ3v) is 7.54. The lowest BCUT2D eigenvalue weighted by atomic mass is 9.72. The standard InChI is InChI=1S/C25H32N4O3/c1-5-20(24-26-16(3)15-31-24)28-14-22(30)29(25(28,6-2)19-10-8-11-19)13-18-9-7-12-21-23(18)27-17(4)32-21/h7,9,12,15,19-20H,5-6,8,10-11,13-14H2,1-4H3/p+1. The molecule has 1 aliphatic carbocycles. The molecule has 7 heteroatoms. The maximum absolute atomic E-state index is 13.6. The second-order valence-electron chi connectivity index (χ2n) is 9.30. The zero-order valence-corrected chi connectivity index (χ0v) is 19.5. The minimum absolute atomic E-state index is 0.0308. The maximum Gasteiger partial charge on any atom is 0.363 e. The molecule has 0 radical (unpaired) electrons. The fraction of sp³-hybridized carbons (Fsp3) is 0.560. The monoisotopic (exact) mass is 437 g/mol. The third-order valence-electron chi connectivity index (χ3n) is 7.54. The summed E-state index contributed by atoms with van der Waals surface area (Å²) in [4.78, 5) is 26.2. The van der Waals surface area contributed by atoms with Gasteiger partial charge in [0.15, 0.2) is 17.7 Å². The van der Waals surface area contributed by atoms with Crippen LogP contribution in [0.1, 0.15) is 75.0 Å². The molecular formula is C25H33N4O3+. The van der Waals surface area contributed by atoms with Crippen LogP contribution in [0.5, 0.6) is 0 Å². The number of hydrogen-bond donors (Lipinski definition) is 0. The van der Waals surface area contributed by atoms with Crippen molar-refractivity contribution in [1.82, 2.24) is 14.8 Å². The Morgan fingerprint density at radius 3 is 2.72 bits per heavy atom. The summed E-state index contributed by atoms with van der Waals surface area (Å²) < 4.78 is 11.7. The summed E-state index contributed by atoms with van der Waals surface area (Å²) in [6.45, 7) is 9.21. The van der Waals surface area contributed by atoms with Crippen molar-refractivity contribution in [2.45, 2.75) is 78.0 Å². The number of carbonyl (C=O) groups excluding carboxylic acids is 1. The highest BCUT2D eigenvalue weighted by molar-refractivity contribution is 5.83. The lowest BCUT2D eigenvalue weighted by Crippen LogP contribution is -2.61. The first-order chi connectivity index (χ1) is 15.5. The van der Waals surface area contributed by atoms with E-state index in [1.807, 2.05) is 26.0 Å². The molecule has 170 valence electrons. The predicted octanol–water partition coefficient (Wildman–Crippen LogP) is 4.55. The van der Waals surface area contributed by atoms with Crippen LogP contribution in [0.25, 0.3) is 11.1 Å². The number of carbonyl (C=O) groups is 1. The zero-order chi connectivity index (χ0) is 22.5. The van der Waals surface area contributed by atoms with Gasteiger partial charge in [-0.15, -0.1) is 0 Å². The molecule has 2 unspecified atom stereocenters. The molecule has 0 bridgehead atoms. The molecule has 0 spiro atoms. The van der Waals surface area contributed by atoms with Crippen LogP contribution in [-0.2, 0) is 11.3 Å². The molecule has 3 heterocycles. The minimum Gasteiger partial charge on any atom is -0.441 e. The fourth-order valence-electron chi connectivity index (χ4n) is 5.88. The van der Waals surface area contributed by atoms with Gasteiger partial charge in [0, 0.05) is 26.0 Å². The fourth-order valence-corrected chi connectivity index (χ4v) is 5.88. The summed E-state index contributed by atoms with van der Waals surface area (Å²) in [5.41, 5.74) is 3.35. The molecule has 2 fully saturated rings. The van der Waals surface area contributed by atoms with Crippen LogP contribution in [0.3, 0.4) is 0 Å². The van der Waals surface area contributed by atoms with E-state index in [-0.39, 0.29) is 17.6 Å². The van der Waals surface area contributed by atoms with Gasteiger partial charge in [-0.1, -0.05) is 32.4 Å². The van der Waals surface area contributed by atoms with E-state index in [9.17, 15) is 4.79 Å². The number of nitrogens with zero attached hydrogens (tertiary/aromatic N) is 3. The molecule has 2 aromatic heterocycles. The van der Waals surface area contributed by atoms with E-state index in [0.29, 0.717) is 24.9 Å². The summed E-state index contributed by atoms with van der Waals surface area (Å²) >= 11 is 0. The van der Waals surface area contributed by atoms with Crippen molar-refractivity contribution >= 4 is 17.0 Å². The van der Waals surface area contributed by atoms with Crippen molar-refractivity contribution in [3.05, 3.63) is 47.5 Å². The van der Waals surface area contributed by atoms with Crippen molar-refractivity contribution in [3.63, 3.8) is 0 Å². The van der Waals surface area contributed by atoms with Crippen molar-refractivity contribution in [1.29, 1.82) is 0 Å². The maximum atomic E-state index is 13.6. The second-order valence-corrected chi connectivity index (χ2v) is 9.30. The van der Waals surface area contributed by atoms with Gasteiger partial charge >= 0.3 is 5.89 Å². The number of fused-ring (bicyclic) bond motifs is 1. The Kier molecular flexibility index (Phi) is 5.32. The predicted molar refractivity (Wildman–Crippen MR) is 119 cm³/mol. The number of aromatic nitrogens is 2. The van der Waals surface area contributed by atoms with E-state index in [1.165, 1.54) is 6.42 Å². The molecule has 1 saturated heterocycles. The smallest absolute Gasteiger partial charge is 0.363 e. The molecule has 7 nitrogen and oxygen atoms in total. The van der Waals surface area contributed by atoms with Crippen molar-refractivity contribution in [3.8, 4) is 0 Å². The van der Waals surface area contributed by atoms with E-state index >= 15 is 0 Å². The van der Waals surface area contributed by atoms with E-state index in [1.54, 1.807) is 6.26 Å². The van der Waals surface area contributed by atoms with Gasteiger partial charge in [0.1, 0.15) is 17.2 Å². The Morgan fingerprint density at radius 1 is 1.28 bits per heavy atom. The number of benzene rings is 1. The Bertz CT molecular complexity index is 1130. The molecule has 1 amide bonds. The van der Waals surface area contributed by atoms with Gasteiger partial charge in [-0.2, -0.15) is 4.98 Å². The molecular weight excluding hydrogens is 404 g/mol. The van der Waals surface area contributed by atoms with Gasteiger partial charge in [0.05, 0.1) is 6.54 Å². The molecule has 5 rings (SSSR count). The van der Waals surface area contributed by atoms with E-state index < -0.39 is 0 Å². The minimum atomic E-state index is -0.328. The number of para-hydroxylation sites is 1. The van der Waals surface area contributed by atoms with Gasteiger partial charge in [0.25, 0.3) is 0 Å². The number of nitrogens with one attached hydrogen (secondary N) is 1. The summed E-state index contributed by atoms with van der Waals surface area (Å²) in [5.74, 6) is 2.13. The molecule has 1 saturated carbocycles. The van der Waals surface area contributed by atoms with Crippen molar-refractivity contribution in [2.75, 3.05) is 6.54 Å². The van der Waals surface area contributed by atoms with Gasteiger partial charge < -0.3 is 13.7 Å². The number of aryl methyl sites for hydroxylation is 2. The van der Waals surface area contributed by atoms with Gasteiger partial charge in [-0.25, -0.2) is 4.98 Å². The summed E-state index contributed by atoms with van der Waals surface area (Å²) in [6, 6.07) is 6.04. The highest BCUT2D eigenvalue weighted by Crippen LogP contribution is 2.50. The van der Waals surface area contributed by atoms with Crippen LogP contribution >= 0.6 is 0 Å². The molecule has 3 aromatic rings. The molecule has 1 aliphatic heterocycles. The Hall–Kier alpha value is -2.67. The van der Waals surface area contributed by atoms with Gasteiger partial charge in [-0.05, 0) is 37.7 Å². The normalized spacial score (nSPS) is 23.2. The van der Waals surface area contributed by atoms with Crippen LogP contribution in [-0.4, -0.2) is 32.9 Å². The highest BCUT2D eigenvalue weighted by Gasteiger charge is 2.58. The number of oxazole rings is 2. The third kappa shape index (κ3) is 3.17. The van der Waals surface area contributed by atoms with Crippen LogP contribution < -0.4 is 4.98 Å². The van der Waals surface area contributed by atoms with E-state index in [4.69, 9.17) is 8.83 Å². The molecule has 2 aliphatic rings. The molecule has 32 heavy (non-hydrogen) atoms. The molecule has 1 N–H and O–H groups in total. The average molecular weight is 438 g/mol. The average Bonchev–Trinajstić information content (AvgIpc) is 3.40. The summed E-state index contributed by atoms with van der Waals surface area (Å²) in [5, 5.41) is 0. The largest absolute Gasteiger partial charge is 0.441 e. The van der Waals surface area contributed by atoms with Gasteiger partial charge in [-0.3, -0.25) is 9.69 Å². The summed E-state index contributed by atoms with van der Waals surface area (Å²) in [6.07, 6.45) is 7.04. The topological polar surface area (TPSA) is 76.9 Å². The molecule has 2 atom stereocenters. The second kappa shape index (κ2) is 8.03. The lowest BCUT2D eigenvalue weighted by molar-refractivity contribution is -0.414. The zero-order valence-electron chi connectivity index (χ0n) is 19.5. The number of H-pyrrole nitrogens is 1. The first-order valence-corrected chi connectivity index (χ1v) is 11.9. The number of aromatic amines is 1. The molecule has 1 aromatic carbocycles. The first kappa shape index (κ1) is 21.2. The Labute approximate surface area is 188 Å². The first-order valence-electron chi connectivity index (χ1n) is 11.9. The van der Waals surface area contributed by atoms with E-state index in [0.717, 1.165) is 53.9 Å². The van der Waals surface area contributed by atoms with Crippen LogP contribution in [0.2, 0.25) is 0 Å². The Balaban J connectivity index is 1.57. The number of hydrogen-bond acceptors (Lipinski definition) is 5. The van der Waals surface area contributed by atoms with Crippen LogP contribution in [0.15, 0.2) is 33.3 Å². The number of amides is 1.